The van der Waals surface area contributed by atoms with E-state index in [4.69, 9.17) is 0 Å². The lowest BCUT2D eigenvalue weighted by atomic mass is 10.1. The van der Waals surface area contributed by atoms with Crippen molar-refractivity contribution in [3.8, 4) is 11.3 Å². The molecule has 1 aliphatic heterocycles. The van der Waals surface area contributed by atoms with Crippen LogP contribution in [0.4, 0.5) is 11.6 Å². The lowest BCUT2D eigenvalue weighted by molar-refractivity contribution is 0.102. The number of carbonyl (C=O) groups is 1. The first-order chi connectivity index (χ1) is 15.5. The van der Waals surface area contributed by atoms with Crippen LogP contribution >= 0.6 is 0 Å². The minimum absolute atomic E-state index is 0.240. The van der Waals surface area contributed by atoms with E-state index in [1.807, 2.05) is 37.5 Å². The first-order valence-electron chi connectivity index (χ1n) is 10.5. The Morgan fingerprint density at radius 1 is 0.906 bits per heavy atom. The molecule has 4 aromatic rings. The first-order valence-corrected chi connectivity index (χ1v) is 10.5. The number of pyridine rings is 3. The van der Waals surface area contributed by atoms with E-state index in [2.05, 4.69) is 42.2 Å². The fourth-order valence-corrected chi connectivity index (χ4v) is 3.75. The van der Waals surface area contributed by atoms with E-state index < -0.39 is 0 Å². The van der Waals surface area contributed by atoms with Crippen molar-refractivity contribution >= 4 is 28.3 Å². The number of aromatic nitrogens is 5. The fraction of sp³-hybridized carbons (Fsp3) is 0.261. The van der Waals surface area contributed by atoms with Gasteiger partial charge in [0.15, 0.2) is 0 Å². The second-order valence-corrected chi connectivity index (χ2v) is 8.04. The highest BCUT2D eigenvalue weighted by Crippen LogP contribution is 2.23. The third kappa shape index (κ3) is 4.15. The third-order valence-electron chi connectivity index (χ3n) is 5.68. The summed E-state index contributed by atoms with van der Waals surface area (Å²) in [5.41, 5.74) is 2.25. The highest BCUT2D eigenvalue weighted by molar-refractivity contribution is 6.04. The summed E-state index contributed by atoms with van der Waals surface area (Å²) in [5, 5.41) is 8.91. The number of hydrogen-bond donors (Lipinski definition) is 1. The monoisotopic (exact) mass is 428 g/mol. The number of fused-ring (bicyclic) bond motifs is 1. The predicted molar refractivity (Wildman–Crippen MR) is 124 cm³/mol. The van der Waals surface area contributed by atoms with Crippen LogP contribution in [0.15, 0.2) is 55.2 Å². The number of likely N-dealkylation sites (N-methyl/N-ethyl adjacent to an activating group) is 1. The highest BCUT2D eigenvalue weighted by atomic mass is 16.1. The number of nitrogens with zero attached hydrogens (tertiary/aromatic N) is 7. The largest absolute Gasteiger partial charge is 0.354 e. The van der Waals surface area contributed by atoms with Gasteiger partial charge in [0.05, 0.1) is 17.5 Å². The van der Waals surface area contributed by atoms with Crippen LogP contribution in [0.2, 0.25) is 0 Å². The lowest BCUT2D eigenvalue weighted by Crippen LogP contribution is -2.44. The normalized spacial score (nSPS) is 14.6. The van der Waals surface area contributed by atoms with Gasteiger partial charge >= 0.3 is 0 Å². The summed E-state index contributed by atoms with van der Waals surface area (Å²) in [6.07, 6.45) is 8.79. The van der Waals surface area contributed by atoms with Gasteiger partial charge in [-0.2, -0.15) is 5.10 Å². The average molecular weight is 429 g/mol. The zero-order valence-electron chi connectivity index (χ0n) is 18.1. The van der Waals surface area contributed by atoms with E-state index in [1.54, 1.807) is 29.5 Å². The smallest absolute Gasteiger partial charge is 0.258 e. The van der Waals surface area contributed by atoms with Gasteiger partial charge in [-0.15, -0.1) is 0 Å². The van der Waals surface area contributed by atoms with Crippen molar-refractivity contribution in [3.63, 3.8) is 0 Å². The van der Waals surface area contributed by atoms with Crippen LogP contribution in [0.25, 0.3) is 22.0 Å². The molecule has 0 aromatic carbocycles. The number of rotatable bonds is 4. The maximum absolute atomic E-state index is 12.7. The highest BCUT2D eigenvalue weighted by Gasteiger charge is 2.16. The second kappa shape index (κ2) is 8.35. The Balaban J connectivity index is 1.31. The molecule has 0 aliphatic carbocycles. The molecule has 0 bridgehead atoms. The van der Waals surface area contributed by atoms with Crippen molar-refractivity contribution in [2.24, 2.45) is 7.05 Å². The first kappa shape index (κ1) is 20.1. The Kier molecular flexibility index (Phi) is 5.24. The number of anilines is 2. The zero-order valence-corrected chi connectivity index (χ0v) is 18.1. The molecular formula is C23H24N8O. The molecule has 9 nitrogen and oxygen atoms in total. The van der Waals surface area contributed by atoms with Crippen LogP contribution < -0.4 is 10.2 Å². The molecule has 1 aliphatic rings. The molecule has 1 amide bonds. The Labute approximate surface area is 185 Å². The molecule has 1 fully saturated rings. The van der Waals surface area contributed by atoms with E-state index in [-0.39, 0.29) is 5.91 Å². The van der Waals surface area contributed by atoms with Crippen LogP contribution in [-0.4, -0.2) is 68.8 Å². The molecule has 4 aromatic heterocycles. The van der Waals surface area contributed by atoms with Crippen molar-refractivity contribution in [2.75, 3.05) is 43.4 Å². The van der Waals surface area contributed by atoms with Crippen LogP contribution in [-0.2, 0) is 7.05 Å². The number of hydrogen-bond acceptors (Lipinski definition) is 7. The molecule has 5 rings (SSSR count). The minimum atomic E-state index is -0.240. The molecule has 162 valence electrons. The Morgan fingerprint density at radius 2 is 1.72 bits per heavy atom. The molecule has 1 saturated heterocycles. The molecule has 0 saturated carbocycles. The molecule has 0 radical (unpaired) electrons. The maximum atomic E-state index is 12.7. The minimum Gasteiger partial charge on any atom is -0.354 e. The molecule has 0 unspecified atom stereocenters. The average Bonchev–Trinajstić information content (AvgIpc) is 3.25. The van der Waals surface area contributed by atoms with Crippen LogP contribution in [0, 0.1) is 0 Å². The maximum Gasteiger partial charge on any atom is 0.258 e. The molecule has 32 heavy (non-hydrogen) atoms. The molecule has 0 spiro atoms. The third-order valence-corrected chi connectivity index (χ3v) is 5.68. The standard InChI is InChI=1S/C23H24N8O/c1-29-5-7-31(8-6-29)22-4-3-16(11-26-22)23(32)28-21-10-17-9-20(19-14-27-30(2)15-19)24-12-18(17)13-25-21/h3-4,9-15H,5-8H2,1-2H3,(H,25,28,32). The van der Waals surface area contributed by atoms with E-state index in [1.165, 1.54) is 0 Å². The van der Waals surface area contributed by atoms with Gasteiger partial charge < -0.3 is 15.1 Å². The van der Waals surface area contributed by atoms with Gasteiger partial charge in [0.2, 0.25) is 0 Å². The van der Waals surface area contributed by atoms with E-state index >= 15 is 0 Å². The SMILES string of the molecule is CN1CCN(c2ccc(C(=O)Nc3cc4cc(-c5cnn(C)c5)ncc4cn3)cn2)CC1. The fourth-order valence-electron chi connectivity index (χ4n) is 3.75. The molecular weight excluding hydrogens is 404 g/mol. The quantitative estimate of drug-likeness (QED) is 0.534. The Morgan fingerprint density at radius 3 is 2.44 bits per heavy atom. The van der Waals surface area contributed by atoms with Gasteiger partial charge in [-0.05, 0) is 36.7 Å². The zero-order chi connectivity index (χ0) is 22.1. The number of piperazine rings is 1. The molecule has 0 atom stereocenters. The summed E-state index contributed by atoms with van der Waals surface area (Å²) in [6.45, 7) is 3.89. The second-order valence-electron chi connectivity index (χ2n) is 8.04. The van der Waals surface area contributed by atoms with Gasteiger partial charge in [-0.1, -0.05) is 0 Å². The van der Waals surface area contributed by atoms with E-state index in [0.29, 0.717) is 11.4 Å². The van der Waals surface area contributed by atoms with E-state index in [0.717, 1.165) is 54.0 Å². The summed E-state index contributed by atoms with van der Waals surface area (Å²) in [4.78, 5) is 30.6. The summed E-state index contributed by atoms with van der Waals surface area (Å²) < 4.78 is 1.74. The summed E-state index contributed by atoms with van der Waals surface area (Å²) in [7, 11) is 3.99. The van der Waals surface area contributed by atoms with Gasteiger partial charge in [0.25, 0.3) is 5.91 Å². The van der Waals surface area contributed by atoms with Crippen molar-refractivity contribution < 1.29 is 4.79 Å². The lowest BCUT2D eigenvalue weighted by Gasteiger charge is -2.33. The van der Waals surface area contributed by atoms with Gasteiger partial charge in [-0.25, -0.2) is 9.97 Å². The van der Waals surface area contributed by atoms with E-state index in [9.17, 15) is 4.79 Å². The predicted octanol–water partition coefficient (Wildman–Crippen LogP) is 2.43. The summed E-state index contributed by atoms with van der Waals surface area (Å²) in [5.74, 6) is 1.14. The van der Waals surface area contributed by atoms with Crippen molar-refractivity contribution in [1.29, 1.82) is 0 Å². The Hall–Kier alpha value is -3.85. The van der Waals surface area contributed by atoms with Crippen LogP contribution in [0.1, 0.15) is 10.4 Å². The molecule has 9 heteroatoms. The topological polar surface area (TPSA) is 92.1 Å². The van der Waals surface area contributed by atoms with Crippen molar-refractivity contribution in [2.45, 2.75) is 0 Å². The number of carbonyl (C=O) groups excluding carboxylic acids is 1. The van der Waals surface area contributed by atoms with Crippen molar-refractivity contribution in [3.05, 3.63) is 60.8 Å². The number of nitrogens with one attached hydrogen (secondary N) is 1. The van der Waals surface area contributed by atoms with Crippen molar-refractivity contribution in [1.82, 2.24) is 29.6 Å². The van der Waals surface area contributed by atoms with Gasteiger partial charge in [0, 0.05) is 69.0 Å². The summed E-state index contributed by atoms with van der Waals surface area (Å²) in [6, 6.07) is 7.53. The van der Waals surface area contributed by atoms with Gasteiger partial charge in [-0.3, -0.25) is 14.5 Å². The number of aryl methyl sites for hydroxylation is 1. The Bertz CT molecular complexity index is 1260. The van der Waals surface area contributed by atoms with Gasteiger partial charge in [0.1, 0.15) is 11.6 Å². The van der Waals surface area contributed by atoms with Crippen LogP contribution in [0.3, 0.4) is 0 Å². The molecule has 5 heterocycles. The number of amides is 1. The molecule has 1 N–H and O–H groups in total. The summed E-state index contributed by atoms with van der Waals surface area (Å²) >= 11 is 0. The van der Waals surface area contributed by atoms with Crippen LogP contribution in [0.5, 0.6) is 0 Å².